The fraction of sp³-hybridized carbons (Fsp3) is 0.167. The van der Waals surface area contributed by atoms with E-state index in [1.807, 2.05) is 102 Å². The van der Waals surface area contributed by atoms with E-state index in [0.29, 0.717) is 0 Å². The van der Waals surface area contributed by atoms with Crippen molar-refractivity contribution in [3.63, 3.8) is 0 Å². The summed E-state index contributed by atoms with van der Waals surface area (Å²) in [7, 11) is 0. The molecule has 4 aromatic rings. The van der Waals surface area contributed by atoms with Crippen molar-refractivity contribution in [3.8, 4) is 0 Å². The number of hydrogen-bond donors (Lipinski definition) is 0. The van der Waals surface area contributed by atoms with Gasteiger partial charge in [0.15, 0.2) is 0 Å². The number of hydrogen-bond acceptors (Lipinski definition) is 5. The molecule has 35 heavy (non-hydrogen) atoms. The lowest BCUT2D eigenvalue weighted by atomic mass is 10.1. The van der Waals surface area contributed by atoms with Gasteiger partial charge in [0, 0.05) is 18.8 Å². The number of azo groups is 1. The Morgan fingerprint density at radius 1 is 0.657 bits per heavy atom. The van der Waals surface area contributed by atoms with Gasteiger partial charge in [0.25, 0.3) is 0 Å². The molecule has 0 heterocycles. The van der Waals surface area contributed by atoms with E-state index in [-0.39, 0.29) is 0 Å². The molecule has 4 rings (SSSR count). The quantitative estimate of drug-likeness (QED) is 0.143. The minimum atomic E-state index is 0.803. The summed E-state index contributed by atoms with van der Waals surface area (Å²) in [4.78, 5) is 2.32. The third-order valence-electron chi connectivity index (χ3n) is 5.80. The molecule has 0 spiro atoms. The van der Waals surface area contributed by atoms with Gasteiger partial charge in [0.05, 0.1) is 29.0 Å². The van der Waals surface area contributed by atoms with E-state index in [1.54, 1.807) is 0 Å². The number of aryl methyl sites for hydroxylation is 1. The highest BCUT2D eigenvalue weighted by atomic mass is 15.5. The lowest BCUT2D eigenvalue weighted by Gasteiger charge is -2.21. The van der Waals surface area contributed by atoms with Crippen LogP contribution in [0.25, 0.3) is 0 Å². The molecule has 0 aromatic heterocycles. The van der Waals surface area contributed by atoms with Crippen LogP contribution < -0.4 is 9.91 Å². The second-order valence-electron chi connectivity index (χ2n) is 8.16. The van der Waals surface area contributed by atoms with Crippen molar-refractivity contribution in [2.75, 3.05) is 23.0 Å². The van der Waals surface area contributed by atoms with E-state index in [4.69, 9.17) is 5.10 Å². The van der Waals surface area contributed by atoms with Gasteiger partial charge in [-0.15, -0.1) is 0 Å². The first-order valence-corrected chi connectivity index (χ1v) is 12.0. The molecule has 0 unspecified atom stereocenters. The van der Waals surface area contributed by atoms with Crippen LogP contribution in [0.15, 0.2) is 118 Å². The van der Waals surface area contributed by atoms with E-state index >= 15 is 0 Å². The van der Waals surface area contributed by atoms with Gasteiger partial charge in [-0.25, -0.2) is 5.01 Å². The highest BCUT2D eigenvalue weighted by molar-refractivity contribution is 5.82. The van der Waals surface area contributed by atoms with Crippen molar-refractivity contribution < 1.29 is 0 Å². The van der Waals surface area contributed by atoms with Crippen LogP contribution in [-0.2, 0) is 0 Å². The SMILES string of the molecule is CCN(CC)c1ccc(N=Nc2ccc(/C=N/N(c3ccccc3)c3ccccc3)cc2)c(C)c1. The van der Waals surface area contributed by atoms with Crippen LogP contribution in [0.1, 0.15) is 25.0 Å². The maximum atomic E-state index is 4.76. The van der Waals surface area contributed by atoms with Crippen molar-refractivity contribution in [2.45, 2.75) is 20.8 Å². The standard InChI is InChI=1S/C30H31N5/c1-4-34(5-2)29-20-21-30(24(3)22-29)33-32-26-18-16-25(17-19-26)23-31-35(27-12-8-6-9-13-27)28-14-10-7-11-15-28/h6-23H,4-5H2,1-3H3/b31-23+,33-32?. The van der Waals surface area contributed by atoms with Crippen molar-refractivity contribution in [2.24, 2.45) is 15.3 Å². The fourth-order valence-corrected chi connectivity index (χ4v) is 3.82. The van der Waals surface area contributed by atoms with Crippen molar-refractivity contribution in [1.29, 1.82) is 0 Å². The molecule has 5 heteroatoms. The molecular weight excluding hydrogens is 430 g/mol. The van der Waals surface area contributed by atoms with E-state index in [0.717, 1.165) is 47.0 Å². The average molecular weight is 462 g/mol. The van der Waals surface area contributed by atoms with Crippen LogP contribution in [0.2, 0.25) is 0 Å². The average Bonchev–Trinajstić information content (AvgIpc) is 2.91. The second-order valence-corrected chi connectivity index (χ2v) is 8.16. The summed E-state index contributed by atoms with van der Waals surface area (Å²) in [5, 5.41) is 15.6. The predicted molar refractivity (Wildman–Crippen MR) is 148 cm³/mol. The normalized spacial score (nSPS) is 11.3. The largest absolute Gasteiger partial charge is 0.372 e. The number of hydrazone groups is 1. The smallest absolute Gasteiger partial charge is 0.0887 e. The molecule has 0 atom stereocenters. The Bertz CT molecular complexity index is 1220. The van der Waals surface area contributed by atoms with Crippen LogP contribution in [0, 0.1) is 6.92 Å². The fourth-order valence-electron chi connectivity index (χ4n) is 3.82. The minimum absolute atomic E-state index is 0.803. The molecule has 0 N–H and O–H groups in total. The third-order valence-corrected chi connectivity index (χ3v) is 5.80. The van der Waals surface area contributed by atoms with Gasteiger partial charge in [-0.05, 0) is 86.5 Å². The first kappa shape index (κ1) is 23.9. The molecule has 5 nitrogen and oxygen atoms in total. The minimum Gasteiger partial charge on any atom is -0.372 e. The van der Waals surface area contributed by atoms with Gasteiger partial charge < -0.3 is 4.90 Å². The molecule has 4 aromatic carbocycles. The lowest BCUT2D eigenvalue weighted by Crippen LogP contribution is -2.21. The monoisotopic (exact) mass is 461 g/mol. The maximum absolute atomic E-state index is 4.76. The van der Waals surface area contributed by atoms with Gasteiger partial charge >= 0.3 is 0 Å². The first-order chi connectivity index (χ1) is 17.2. The van der Waals surface area contributed by atoms with Crippen LogP contribution in [0.4, 0.5) is 28.4 Å². The Morgan fingerprint density at radius 3 is 1.80 bits per heavy atom. The van der Waals surface area contributed by atoms with Gasteiger partial charge in [-0.2, -0.15) is 15.3 Å². The van der Waals surface area contributed by atoms with E-state index in [9.17, 15) is 0 Å². The van der Waals surface area contributed by atoms with Crippen molar-refractivity contribution in [1.82, 2.24) is 0 Å². The third kappa shape index (κ3) is 6.21. The topological polar surface area (TPSA) is 43.6 Å². The molecule has 0 aliphatic carbocycles. The summed E-state index contributed by atoms with van der Waals surface area (Å²) in [5.74, 6) is 0. The molecule has 0 bridgehead atoms. The number of nitrogens with zero attached hydrogens (tertiary/aromatic N) is 5. The van der Waals surface area contributed by atoms with Crippen molar-refractivity contribution >= 4 is 34.7 Å². The Balaban J connectivity index is 1.48. The summed E-state index contributed by atoms with van der Waals surface area (Å²) in [5.41, 5.74) is 7.01. The number of anilines is 3. The molecule has 176 valence electrons. The van der Waals surface area contributed by atoms with E-state index < -0.39 is 0 Å². The highest BCUT2D eigenvalue weighted by Crippen LogP contribution is 2.27. The molecule has 0 radical (unpaired) electrons. The van der Waals surface area contributed by atoms with Gasteiger partial charge in [-0.3, -0.25) is 0 Å². The van der Waals surface area contributed by atoms with E-state index in [1.165, 1.54) is 5.69 Å². The highest BCUT2D eigenvalue weighted by Gasteiger charge is 2.07. The van der Waals surface area contributed by atoms with E-state index in [2.05, 4.69) is 48.0 Å². The number of benzene rings is 4. The Kier molecular flexibility index (Phi) is 8.02. The van der Waals surface area contributed by atoms with Gasteiger partial charge in [-0.1, -0.05) is 48.5 Å². The van der Waals surface area contributed by atoms with Gasteiger partial charge in [0.1, 0.15) is 0 Å². The molecule has 0 aliphatic rings. The van der Waals surface area contributed by atoms with Crippen molar-refractivity contribution in [3.05, 3.63) is 114 Å². The zero-order valence-electron chi connectivity index (χ0n) is 20.5. The Morgan fingerprint density at radius 2 is 1.26 bits per heavy atom. The summed E-state index contributed by atoms with van der Waals surface area (Å²) < 4.78 is 0. The van der Waals surface area contributed by atoms with Crippen LogP contribution in [0.5, 0.6) is 0 Å². The molecule has 0 fully saturated rings. The summed E-state index contributed by atoms with van der Waals surface area (Å²) in [6.07, 6.45) is 1.86. The first-order valence-electron chi connectivity index (χ1n) is 12.0. The van der Waals surface area contributed by atoms with Crippen LogP contribution in [-0.4, -0.2) is 19.3 Å². The van der Waals surface area contributed by atoms with Crippen LogP contribution >= 0.6 is 0 Å². The van der Waals surface area contributed by atoms with Gasteiger partial charge in [0.2, 0.25) is 0 Å². The molecule has 0 aliphatic heterocycles. The molecule has 0 saturated heterocycles. The maximum Gasteiger partial charge on any atom is 0.0887 e. The molecule has 0 saturated carbocycles. The summed E-state index contributed by atoms with van der Waals surface area (Å²) in [6, 6.07) is 34.5. The number of para-hydroxylation sites is 2. The zero-order valence-corrected chi connectivity index (χ0v) is 20.5. The molecular formula is C30H31N5. The Labute approximate surface area is 208 Å². The van der Waals surface area contributed by atoms with Crippen LogP contribution in [0.3, 0.4) is 0 Å². The molecule has 0 amide bonds. The number of rotatable bonds is 9. The zero-order chi connectivity index (χ0) is 24.5. The lowest BCUT2D eigenvalue weighted by molar-refractivity contribution is 0.865. The second kappa shape index (κ2) is 11.7. The Hall–Kier alpha value is -4.25. The summed E-state index contributed by atoms with van der Waals surface area (Å²) in [6.45, 7) is 8.39. The summed E-state index contributed by atoms with van der Waals surface area (Å²) >= 11 is 0. The predicted octanol–water partition coefficient (Wildman–Crippen LogP) is 8.43.